The number of nitrogens with zero attached hydrogens (tertiary/aromatic N) is 1. The van der Waals surface area contributed by atoms with Crippen LogP contribution in [0.15, 0.2) is 73.9 Å². The van der Waals surface area contributed by atoms with E-state index in [9.17, 15) is 0 Å². The van der Waals surface area contributed by atoms with Crippen LogP contribution in [0.3, 0.4) is 0 Å². The van der Waals surface area contributed by atoms with Crippen LogP contribution in [0.1, 0.15) is 12.5 Å². The Kier molecular flexibility index (Phi) is 8.80. The lowest BCUT2D eigenvalue weighted by atomic mass is 10.1. The molecule has 0 amide bonds. The van der Waals surface area contributed by atoms with E-state index >= 15 is 0 Å². The first-order valence-electron chi connectivity index (χ1n) is 5.27. The van der Waals surface area contributed by atoms with Crippen LogP contribution in [-0.2, 0) is 0 Å². The van der Waals surface area contributed by atoms with Crippen molar-refractivity contribution in [1.82, 2.24) is 0 Å². The second-order valence-electron chi connectivity index (χ2n) is 3.26. The molecule has 0 bridgehead atoms. The van der Waals surface area contributed by atoms with Crippen molar-refractivity contribution >= 4 is 5.57 Å². The number of hydrogen-bond donors (Lipinski definition) is 0. The molecule has 0 unspecified atom stereocenters. The highest BCUT2D eigenvalue weighted by Crippen LogP contribution is 2.08. The van der Waals surface area contributed by atoms with Crippen molar-refractivity contribution in [2.24, 2.45) is 0 Å². The smallest absolute Gasteiger partial charge is 0.0912 e. The molecule has 0 N–H and O–H groups in total. The van der Waals surface area contributed by atoms with E-state index in [1.165, 1.54) is 11.6 Å². The average Bonchev–Trinajstić information content (AvgIpc) is 2.37. The van der Waals surface area contributed by atoms with E-state index in [1.54, 1.807) is 24.3 Å². The normalized spacial score (nSPS) is 9.41. The summed E-state index contributed by atoms with van der Waals surface area (Å²) < 4.78 is 0. The monoisotopic (exact) mass is 223 g/mol. The van der Waals surface area contributed by atoms with Gasteiger partial charge >= 0.3 is 0 Å². The van der Waals surface area contributed by atoms with E-state index in [2.05, 4.69) is 25.3 Å². The number of hydrogen-bond acceptors (Lipinski definition) is 1. The van der Waals surface area contributed by atoms with Gasteiger partial charge in [-0.25, -0.2) is 0 Å². The maximum absolute atomic E-state index is 7.97. The lowest BCUT2D eigenvalue weighted by molar-refractivity contribution is 1.53. The van der Waals surface area contributed by atoms with Gasteiger partial charge in [0.1, 0.15) is 0 Å². The summed E-state index contributed by atoms with van der Waals surface area (Å²) in [6.07, 6.45) is 8.22. The van der Waals surface area contributed by atoms with Crippen LogP contribution in [0.4, 0.5) is 0 Å². The Bertz CT molecular complexity index is 430. The molecule has 0 saturated heterocycles. The molecule has 0 fully saturated rings. The van der Waals surface area contributed by atoms with Crippen molar-refractivity contribution in [3.8, 4) is 6.07 Å². The van der Waals surface area contributed by atoms with Crippen LogP contribution in [0.25, 0.3) is 5.57 Å². The fourth-order valence-electron chi connectivity index (χ4n) is 0.964. The highest BCUT2D eigenvalue weighted by molar-refractivity contribution is 5.60. The minimum Gasteiger partial charge on any atom is -0.193 e. The van der Waals surface area contributed by atoms with Gasteiger partial charge in [0, 0.05) is 6.08 Å². The summed E-state index contributed by atoms with van der Waals surface area (Å²) in [6, 6.07) is 12.0. The van der Waals surface area contributed by atoms with Gasteiger partial charge in [-0.05, 0) is 12.5 Å². The molecular weight excluding hydrogens is 206 g/mol. The Labute approximate surface area is 104 Å². The molecule has 0 heterocycles. The van der Waals surface area contributed by atoms with Crippen molar-refractivity contribution in [1.29, 1.82) is 5.26 Å². The molecule has 1 rings (SSSR count). The first-order chi connectivity index (χ1) is 8.22. The summed E-state index contributed by atoms with van der Waals surface area (Å²) in [4.78, 5) is 0. The van der Waals surface area contributed by atoms with Crippen LogP contribution in [0.2, 0.25) is 0 Å². The van der Waals surface area contributed by atoms with E-state index in [0.29, 0.717) is 0 Å². The number of allylic oxidation sites excluding steroid dienone is 6. The third-order valence-electron chi connectivity index (χ3n) is 1.80. The van der Waals surface area contributed by atoms with Gasteiger partial charge in [0.15, 0.2) is 0 Å². The maximum Gasteiger partial charge on any atom is 0.0912 e. The minimum atomic E-state index is 1.12. The zero-order valence-electron chi connectivity index (χ0n) is 10.1. The standard InChI is InChI=1S/C9H10.C7H7N/c1-8(2)9-6-4-3-5-7-9;1-2-3-4-5-6-7-8/h3-7H,1H2,2H3;2-6H,1H2. The number of benzene rings is 1. The van der Waals surface area contributed by atoms with Gasteiger partial charge in [-0.2, -0.15) is 5.26 Å². The first-order valence-corrected chi connectivity index (χ1v) is 5.27. The van der Waals surface area contributed by atoms with Crippen LogP contribution in [0.5, 0.6) is 0 Å². The predicted octanol–water partition coefficient (Wildman–Crippen LogP) is 4.53. The lowest BCUT2D eigenvalue weighted by Gasteiger charge is -1.94. The summed E-state index contributed by atoms with van der Waals surface area (Å²) in [5.41, 5.74) is 2.34. The van der Waals surface area contributed by atoms with Gasteiger partial charge in [0.25, 0.3) is 0 Å². The van der Waals surface area contributed by atoms with Crippen molar-refractivity contribution < 1.29 is 0 Å². The average molecular weight is 223 g/mol. The summed E-state index contributed by atoms with van der Waals surface area (Å²) in [5.74, 6) is 0. The molecular formula is C16H17N. The van der Waals surface area contributed by atoms with Gasteiger partial charge in [-0.3, -0.25) is 0 Å². The SMILES string of the molecule is C=C(C)c1ccccc1.C=CC=CC=CC#N. The van der Waals surface area contributed by atoms with Crippen LogP contribution in [0, 0.1) is 11.3 Å². The van der Waals surface area contributed by atoms with E-state index in [-0.39, 0.29) is 0 Å². The summed E-state index contributed by atoms with van der Waals surface area (Å²) in [6.45, 7) is 9.29. The van der Waals surface area contributed by atoms with Crippen molar-refractivity contribution in [3.05, 3.63) is 79.4 Å². The molecule has 0 aliphatic carbocycles. The fraction of sp³-hybridized carbons (Fsp3) is 0.0625. The first kappa shape index (κ1) is 14.7. The van der Waals surface area contributed by atoms with E-state index < -0.39 is 0 Å². The Morgan fingerprint density at radius 1 is 1.18 bits per heavy atom. The Morgan fingerprint density at radius 3 is 2.24 bits per heavy atom. The molecule has 1 heteroatoms. The Hall–Kier alpha value is -2.33. The van der Waals surface area contributed by atoms with Crippen LogP contribution >= 0.6 is 0 Å². The summed E-state index contributed by atoms with van der Waals surface area (Å²) in [7, 11) is 0. The third-order valence-corrected chi connectivity index (χ3v) is 1.80. The molecule has 0 aliphatic rings. The van der Waals surface area contributed by atoms with Gasteiger partial charge < -0.3 is 0 Å². The molecule has 0 spiro atoms. The van der Waals surface area contributed by atoms with Crippen molar-refractivity contribution in [2.75, 3.05) is 0 Å². The van der Waals surface area contributed by atoms with Gasteiger partial charge in [0.05, 0.1) is 6.07 Å². The van der Waals surface area contributed by atoms with Gasteiger partial charge in [-0.1, -0.05) is 73.4 Å². The largest absolute Gasteiger partial charge is 0.193 e. The molecule has 17 heavy (non-hydrogen) atoms. The Morgan fingerprint density at radius 2 is 1.82 bits per heavy atom. The number of rotatable bonds is 3. The lowest BCUT2D eigenvalue weighted by Crippen LogP contribution is -1.72. The molecule has 0 saturated carbocycles. The van der Waals surface area contributed by atoms with E-state index in [1.807, 2.05) is 31.2 Å². The molecule has 86 valence electrons. The maximum atomic E-state index is 7.97. The molecule has 0 aromatic heterocycles. The van der Waals surface area contributed by atoms with Crippen molar-refractivity contribution in [2.45, 2.75) is 6.92 Å². The topological polar surface area (TPSA) is 23.8 Å². The van der Waals surface area contributed by atoms with Crippen LogP contribution < -0.4 is 0 Å². The van der Waals surface area contributed by atoms with Crippen LogP contribution in [-0.4, -0.2) is 0 Å². The molecule has 0 aliphatic heterocycles. The molecule has 0 radical (unpaired) electrons. The molecule has 0 atom stereocenters. The van der Waals surface area contributed by atoms with E-state index in [4.69, 9.17) is 5.26 Å². The molecule has 1 aromatic carbocycles. The second-order valence-corrected chi connectivity index (χ2v) is 3.26. The molecule has 1 aromatic rings. The van der Waals surface area contributed by atoms with Gasteiger partial charge in [0.2, 0.25) is 0 Å². The number of nitriles is 1. The highest BCUT2D eigenvalue weighted by atomic mass is 14.2. The summed E-state index contributed by atoms with van der Waals surface area (Å²) >= 11 is 0. The second kappa shape index (κ2) is 10.2. The predicted molar refractivity (Wildman–Crippen MR) is 75.2 cm³/mol. The third kappa shape index (κ3) is 8.65. The van der Waals surface area contributed by atoms with Gasteiger partial charge in [-0.15, -0.1) is 0 Å². The van der Waals surface area contributed by atoms with E-state index in [0.717, 1.165) is 5.57 Å². The zero-order chi connectivity index (χ0) is 12.9. The van der Waals surface area contributed by atoms with Crippen molar-refractivity contribution in [3.63, 3.8) is 0 Å². The quantitative estimate of drug-likeness (QED) is 0.545. The highest BCUT2D eigenvalue weighted by Gasteiger charge is 1.86. The minimum absolute atomic E-state index is 1.12. The summed E-state index contributed by atoms with van der Waals surface area (Å²) in [5, 5.41) is 7.97. The molecule has 1 nitrogen and oxygen atoms in total. The Balaban J connectivity index is 0.000000304. The fourth-order valence-corrected chi connectivity index (χ4v) is 0.964. The zero-order valence-corrected chi connectivity index (χ0v) is 10.1.